The molecule has 2 aliphatic rings. The van der Waals surface area contributed by atoms with Gasteiger partial charge in [-0.2, -0.15) is 0 Å². The second-order valence-corrected chi connectivity index (χ2v) is 5.97. The Balaban J connectivity index is 1.72. The largest absolute Gasteiger partial charge is 0.426 e. The fourth-order valence-corrected chi connectivity index (χ4v) is 3.86. The first-order chi connectivity index (χ1) is 8.24. The van der Waals surface area contributed by atoms with Gasteiger partial charge in [0.25, 0.3) is 0 Å². The van der Waals surface area contributed by atoms with Gasteiger partial charge in [0.15, 0.2) is 0 Å². The minimum absolute atomic E-state index is 0.0367. The van der Waals surface area contributed by atoms with Crippen molar-refractivity contribution < 1.29 is 9.53 Å². The van der Waals surface area contributed by atoms with E-state index in [0.717, 1.165) is 12.0 Å². The molecule has 2 heterocycles. The second kappa shape index (κ2) is 4.22. The van der Waals surface area contributed by atoms with Crippen LogP contribution in [0.4, 0.5) is 0 Å². The van der Waals surface area contributed by atoms with Gasteiger partial charge in [0, 0.05) is 10.5 Å². The van der Waals surface area contributed by atoms with Gasteiger partial charge in [-0.25, -0.2) is 0 Å². The van der Waals surface area contributed by atoms with Gasteiger partial charge in [-0.15, -0.1) is 11.8 Å². The van der Waals surface area contributed by atoms with E-state index >= 15 is 0 Å². The van der Waals surface area contributed by atoms with Crippen molar-refractivity contribution in [1.29, 1.82) is 0 Å². The average Bonchev–Trinajstić information content (AvgIpc) is 2.94. The van der Waals surface area contributed by atoms with Crippen LogP contribution in [0, 0.1) is 12.8 Å². The minimum atomic E-state index is -0.0800. The first-order valence-electron chi connectivity index (χ1n) is 5.85. The van der Waals surface area contributed by atoms with Crippen LogP contribution in [0.2, 0.25) is 0 Å². The van der Waals surface area contributed by atoms with Crippen LogP contribution in [0.3, 0.4) is 0 Å². The summed E-state index contributed by atoms with van der Waals surface area (Å²) in [4.78, 5) is 12.1. The van der Waals surface area contributed by atoms with Crippen LogP contribution >= 0.6 is 11.8 Å². The van der Waals surface area contributed by atoms with E-state index in [0.29, 0.717) is 16.2 Å². The van der Waals surface area contributed by atoms with Crippen molar-refractivity contribution in [2.24, 2.45) is 5.92 Å². The molecule has 1 saturated heterocycles. The van der Waals surface area contributed by atoms with E-state index in [1.54, 1.807) is 0 Å². The van der Waals surface area contributed by atoms with Gasteiger partial charge >= 0.3 is 5.97 Å². The van der Waals surface area contributed by atoms with E-state index < -0.39 is 0 Å². The summed E-state index contributed by atoms with van der Waals surface area (Å²) in [6, 6.07) is 7.65. The van der Waals surface area contributed by atoms with Crippen molar-refractivity contribution in [2.75, 3.05) is 0 Å². The lowest BCUT2D eigenvalue weighted by molar-refractivity contribution is -0.138. The Hall–Kier alpha value is -1.22. The van der Waals surface area contributed by atoms with Crippen LogP contribution in [0.15, 0.2) is 36.4 Å². The standard InChI is InChI=1S/C14H14O2S/c1-9-4-2-3-5-12(9)16-14(15)11-8-10-6-7-13(11)17-10/h2-7,10-11,13H,8H2,1H3. The second-order valence-electron chi connectivity index (χ2n) is 4.55. The number of para-hydroxylation sites is 1. The lowest BCUT2D eigenvalue weighted by atomic mass is 9.95. The van der Waals surface area contributed by atoms with E-state index in [-0.39, 0.29) is 11.9 Å². The van der Waals surface area contributed by atoms with E-state index in [1.807, 2.05) is 43.0 Å². The molecule has 1 fully saturated rings. The number of ether oxygens (including phenoxy) is 1. The molecule has 0 saturated carbocycles. The molecular weight excluding hydrogens is 232 g/mol. The Labute approximate surface area is 105 Å². The third kappa shape index (κ3) is 2.00. The summed E-state index contributed by atoms with van der Waals surface area (Å²) in [5.41, 5.74) is 1.01. The third-order valence-electron chi connectivity index (χ3n) is 3.34. The minimum Gasteiger partial charge on any atom is -0.426 e. The van der Waals surface area contributed by atoms with Gasteiger partial charge in [-0.05, 0) is 25.0 Å². The topological polar surface area (TPSA) is 26.3 Å². The zero-order chi connectivity index (χ0) is 11.8. The summed E-state index contributed by atoms with van der Waals surface area (Å²) < 4.78 is 5.50. The van der Waals surface area contributed by atoms with Crippen molar-refractivity contribution in [1.82, 2.24) is 0 Å². The Morgan fingerprint density at radius 2 is 2.18 bits per heavy atom. The maximum atomic E-state index is 12.1. The van der Waals surface area contributed by atoms with E-state index in [4.69, 9.17) is 4.74 Å². The Bertz CT molecular complexity index is 481. The van der Waals surface area contributed by atoms with Gasteiger partial charge in [0.1, 0.15) is 5.75 Å². The smallest absolute Gasteiger partial charge is 0.315 e. The van der Waals surface area contributed by atoms with Crippen LogP contribution in [0.25, 0.3) is 0 Å². The summed E-state index contributed by atoms with van der Waals surface area (Å²) in [7, 11) is 0. The number of fused-ring (bicyclic) bond motifs is 2. The number of thioether (sulfide) groups is 1. The molecule has 2 aliphatic heterocycles. The van der Waals surface area contributed by atoms with Gasteiger partial charge in [-0.3, -0.25) is 4.79 Å². The molecule has 3 unspecified atom stereocenters. The molecule has 0 N–H and O–H groups in total. The number of esters is 1. The van der Waals surface area contributed by atoms with Crippen molar-refractivity contribution in [3.05, 3.63) is 42.0 Å². The molecule has 3 heteroatoms. The number of carbonyl (C=O) groups excluding carboxylic acids is 1. The molecule has 0 radical (unpaired) electrons. The highest BCUT2D eigenvalue weighted by Crippen LogP contribution is 2.45. The van der Waals surface area contributed by atoms with Crippen molar-refractivity contribution in [2.45, 2.75) is 23.8 Å². The third-order valence-corrected chi connectivity index (χ3v) is 4.84. The Morgan fingerprint density at radius 3 is 2.82 bits per heavy atom. The maximum absolute atomic E-state index is 12.1. The zero-order valence-electron chi connectivity index (χ0n) is 9.63. The van der Waals surface area contributed by atoms with E-state index in [9.17, 15) is 4.79 Å². The first kappa shape index (κ1) is 10.9. The number of rotatable bonds is 2. The predicted octanol–water partition coefficient (Wildman–Crippen LogP) is 2.96. The highest BCUT2D eigenvalue weighted by atomic mass is 32.2. The summed E-state index contributed by atoms with van der Waals surface area (Å²) in [5.74, 6) is 0.646. The van der Waals surface area contributed by atoms with Crippen LogP contribution in [-0.2, 0) is 4.79 Å². The Kier molecular flexibility index (Phi) is 2.71. The van der Waals surface area contributed by atoms with Crippen molar-refractivity contribution in [3.63, 3.8) is 0 Å². The number of carbonyl (C=O) groups is 1. The molecule has 0 amide bonds. The van der Waals surface area contributed by atoms with Crippen LogP contribution in [0.5, 0.6) is 5.75 Å². The number of aryl methyl sites for hydroxylation is 1. The number of benzene rings is 1. The van der Waals surface area contributed by atoms with Gasteiger partial charge in [0.05, 0.1) is 5.92 Å². The fourth-order valence-electron chi connectivity index (χ4n) is 2.36. The summed E-state index contributed by atoms with van der Waals surface area (Å²) in [6.07, 6.45) is 5.27. The molecule has 17 heavy (non-hydrogen) atoms. The van der Waals surface area contributed by atoms with E-state index in [1.165, 1.54) is 0 Å². The van der Waals surface area contributed by atoms with Gasteiger partial charge < -0.3 is 4.74 Å². The maximum Gasteiger partial charge on any atom is 0.315 e. The van der Waals surface area contributed by atoms with Crippen molar-refractivity contribution >= 4 is 17.7 Å². The van der Waals surface area contributed by atoms with Crippen molar-refractivity contribution in [3.8, 4) is 5.75 Å². The molecule has 88 valence electrons. The first-order valence-corrected chi connectivity index (χ1v) is 6.79. The van der Waals surface area contributed by atoms with E-state index in [2.05, 4.69) is 12.2 Å². The highest BCUT2D eigenvalue weighted by Gasteiger charge is 2.41. The molecule has 0 aliphatic carbocycles. The number of hydrogen-bond acceptors (Lipinski definition) is 3. The molecule has 3 atom stereocenters. The Morgan fingerprint density at radius 1 is 1.35 bits per heavy atom. The SMILES string of the molecule is Cc1ccccc1OC(=O)C1CC2C=CC1S2. The fraction of sp³-hybridized carbons (Fsp3) is 0.357. The molecular formula is C14H14O2S. The summed E-state index contributed by atoms with van der Waals surface area (Å²) in [5, 5.41) is 0.853. The highest BCUT2D eigenvalue weighted by molar-refractivity contribution is 8.01. The molecule has 3 rings (SSSR count). The lowest BCUT2D eigenvalue weighted by Crippen LogP contribution is -2.26. The molecule has 0 aromatic heterocycles. The molecule has 2 nitrogen and oxygen atoms in total. The van der Waals surface area contributed by atoms with Crippen LogP contribution in [0.1, 0.15) is 12.0 Å². The zero-order valence-corrected chi connectivity index (χ0v) is 10.4. The predicted molar refractivity (Wildman–Crippen MR) is 69.2 cm³/mol. The average molecular weight is 246 g/mol. The summed E-state index contributed by atoms with van der Waals surface area (Å²) in [6.45, 7) is 1.96. The molecule has 2 bridgehead atoms. The van der Waals surface area contributed by atoms with Crippen LogP contribution in [-0.4, -0.2) is 16.5 Å². The number of hydrogen-bond donors (Lipinski definition) is 0. The molecule has 1 aromatic carbocycles. The molecule has 0 spiro atoms. The van der Waals surface area contributed by atoms with Gasteiger partial charge in [-0.1, -0.05) is 30.4 Å². The normalized spacial score (nSPS) is 29.6. The quantitative estimate of drug-likeness (QED) is 0.456. The monoisotopic (exact) mass is 246 g/mol. The molecule has 1 aromatic rings. The van der Waals surface area contributed by atoms with Gasteiger partial charge in [0.2, 0.25) is 0 Å². The van der Waals surface area contributed by atoms with Crippen LogP contribution < -0.4 is 4.74 Å². The lowest BCUT2D eigenvalue weighted by Gasteiger charge is -2.16. The summed E-state index contributed by atoms with van der Waals surface area (Å²) >= 11 is 1.87.